The van der Waals surface area contributed by atoms with Crippen LogP contribution in [0.2, 0.25) is 0 Å². The summed E-state index contributed by atoms with van der Waals surface area (Å²) in [6, 6.07) is 12.2. The maximum Gasteiger partial charge on any atom is 0.573 e. The number of amides is 2. The first-order valence-electron chi connectivity index (χ1n) is 9.85. The molecule has 2 N–H and O–H groups in total. The Bertz CT molecular complexity index is 1220. The zero-order valence-corrected chi connectivity index (χ0v) is 18.3. The van der Waals surface area contributed by atoms with Crippen molar-refractivity contribution in [3.05, 3.63) is 75.7 Å². The molecule has 4 rings (SSSR count). The third-order valence-corrected chi connectivity index (χ3v) is 5.85. The number of allylic oxidation sites excluding steroid dienone is 1. The standard InChI is InChI=1S/C23H19F3N4O2S/c1-13-19(21-29-18(12-33-21)15-8-6-14(7-9-15)11-27-2)20(30-22(31)28-13)16-4-3-5-17(10-16)32-23(24,25)26/h3-10,12,20H,2,11H2,1H3,(H2,28,30,31). The van der Waals surface area contributed by atoms with Crippen molar-refractivity contribution in [2.45, 2.75) is 25.9 Å². The highest BCUT2D eigenvalue weighted by molar-refractivity contribution is 7.11. The molecule has 10 heteroatoms. The molecule has 0 aliphatic carbocycles. The molecule has 0 saturated heterocycles. The molecule has 1 atom stereocenters. The van der Waals surface area contributed by atoms with Gasteiger partial charge in [0.1, 0.15) is 10.8 Å². The van der Waals surface area contributed by atoms with Crippen molar-refractivity contribution in [1.29, 1.82) is 0 Å². The lowest BCUT2D eigenvalue weighted by atomic mass is 9.95. The van der Waals surface area contributed by atoms with E-state index in [2.05, 4.69) is 27.1 Å². The van der Waals surface area contributed by atoms with Gasteiger partial charge in [0.15, 0.2) is 0 Å². The van der Waals surface area contributed by atoms with Crippen LogP contribution in [0.3, 0.4) is 0 Å². The smallest absolute Gasteiger partial charge is 0.406 e. The van der Waals surface area contributed by atoms with Gasteiger partial charge in [-0.05, 0) is 36.9 Å². The number of hydrogen-bond acceptors (Lipinski definition) is 5. The number of halogens is 3. The molecule has 0 saturated carbocycles. The van der Waals surface area contributed by atoms with E-state index in [1.165, 1.54) is 29.5 Å². The van der Waals surface area contributed by atoms with E-state index in [1.807, 2.05) is 29.6 Å². The highest BCUT2D eigenvalue weighted by Crippen LogP contribution is 2.38. The fourth-order valence-electron chi connectivity index (χ4n) is 3.56. The fourth-order valence-corrected chi connectivity index (χ4v) is 4.52. The number of carbonyl (C=O) groups is 1. The van der Waals surface area contributed by atoms with E-state index in [0.29, 0.717) is 28.4 Å². The molecule has 6 nitrogen and oxygen atoms in total. The van der Waals surface area contributed by atoms with Gasteiger partial charge in [-0.2, -0.15) is 0 Å². The number of nitrogens with one attached hydrogen (secondary N) is 2. The van der Waals surface area contributed by atoms with Gasteiger partial charge in [-0.15, -0.1) is 24.5 Å². The van der Waals surface area contributed by atoms with Crippen LogP contribution in [0.25, 0.3) is 16.8 Å². The molecule has 0 spiro atoms. The Kier molecular flexibility index (Phi) is 6.19. The second kappa shape index (κ2) is 9.07. The van der Waals surface area contributed by atoms with Crippen molar-refractivity contribution in [3.63, 3.8) is 0 Å². The van der Waals surface area contributed by atoms with Crippen molar-refractivity contribution in [3.8, 4) is 17.0 Å². The first-order chi connectivity index (χ1) is 15.7. The number of benzene rings is 2. The quantitative estimate of drug-likeness (QED) is 0.452. The van der Waals surface area contributed by atoms with Gasteiger partial charge in [-0.1, -0.05) is 36.4 Å². The van der Waals surface area contributed by atoms with Crippen LogP contribution in [0, 0.1) is 0 Å². The summed E-state index contributed by atoms with van der Waals surface area (Å²) in [5, 5.41) is 8.03. The van der Waals surface area contributed by atoms with Gasteiger partial charge in [0.2, 0.25) is 0 Å². The van der Waals surface area contributed by atoms with Crippen molar-refractivity contribution < 1.29 is 22.7 Å². The second-order valence-corrected chi connectivity index (χ2v) is 8.17. The van der Waals surface area contributed by atoms with Gasteiger partial charge in [0.25, 0.3) is 0 Å². The first-order valence-corrected chi connectivity index (χ1v) is 10.7. The number of urea groups is 1. The summed E-state index contributed by atoms with van der Waals surface area (Å²) in [5.41, 5.74) is 4.37. The lowest BCUT2D eigenvalue weighted by Crippen LogP contribution is -2.42. The van der Waals surface area contributed by atoms with Crippen molar-refractivity contribution in [2.75, 3.05) is 0 Å². The van der Waals surface area contributed by atoms with Gasteiger partial charge in [0.05, 0.1) is 18.3 Å². The predicted octanol–water partition coefficient (Wildman–Crippen LogP) is 5.69. The molecule has 0 bridgehead atoms. The number of nitrogens with zero attached hydrogens (tertiary/aromatic N) is 2. The van der Waals surface area contributed by atoms with Crippen LogP contribution in [0.15, 0.2) is 64.6 Å². The third kappa shape index (κ3) is 5.23. The summed E-state index contributed by atoms with van der Waals surface area (Å²) in [4.78, 5) is 20.8. The molecule has 1 aromatic heterocycles. The third-order valence-electron chi connectivity index (χ3n) is 4.97. The van der Waals surface area contributed by atoms with Crippen LogP contribution >= 0.6 is 11.3 Å². The number of carbonyl (C=O) groups excluding carboxylic acids is 1. The summed E-state index contributed by atoms with van der Waals surface area (Å²) < 4.78 is 42.1. The van der Waals surface area contributed by atoms with Crippen molar-refractivity contribution >= 4 is 29.7 Å². The molecular formula is C23H19F3N4O2S. The van der Waals surface area contributed by atoms with E-state index >= 15 is 0 Å². The Labute approximate surface area is 191 Å². The zero-order chi connectivity index (χ0) is 23.6. The first kappa shape index (κ1) is 22.5. The van der Waals surface area contributed by atoms with E-state index in [-0.39, 0.29) is 5.75 Å². The van der Waals surface area contributed by atoms with Crippen LogP contribution in [0.4, 0.5) is 18.0 Å². The molecule has 0 radical (unpaired) electrons. The zero-order valence-electron chi connectivity index (χ0n) is 17.4. The molecule has 1 aliphatic rings. The molecule has 2 amide bonds. The van der Waals surface area contributed by atoms with Gasteiger partial charge >= 0.3 is 12.4 Å². The summed E-state index contributed by atoms with van der Waals surface area (Å²) in [6.07, 6.45) is -4.81. The number of rotatable bonds is 6. The van der Waals surface area contributed by atoms with E-state index in [0.717, 1.165) is 16.8 Å². The molecule has 0 fully saturated rings. The summed E-state index contributed by atoms with van der Waals surface area (Å²) in [5.74, 6) is -0.362. The highest BCUT2D eigenvalue weighted by Gasteiger charge is 2.33. The van der Waals surface area contributed by atoms with Crippen LogP contribution in [0.1, 0.15) is 29.1 Å². The molecule has 3 aromatic rings. The molecule has 2 aromatic carbocycles. The molecule has 33 heavy (non-hydrogen) atoms. The normalized spacial score (nSPS) is 16.2. The minimum atomic E-state index is -4.81. The Hall–Kier alpha value is -3.66. The van der Waals surface area contributed by atoms with E-state index in [1.54, 1.807) is 13.0 Å². The number of aliphatic imine (C=N–C) groups is 1. The van der Waals surface area contributed by atoms with E-state index in [4.69, 9.17) is 4.98 Å². The Morgan fingerprint density at radius 2 is 1.97 bits per heavy atom. The van der Waals surface area contributed by atoms with Crippen LogP contribution in [-0.2, 0) is 6.54 Å². The summed E-state index contributed by atoms with van der Waals surface area (Å²) in [6.45, 7) is 5.75. The van der Waals surface area contributed by atoms with Crippen LogP contribution < -0.4 is 15.4 Å². The molecule has 170 valence electrons. The minimum absolute atomic E-state index is 0.362. The maximum absolute atomic E-state index is 12.7. The lowest BCUT2D eigenvalue weighted by Gasteiger charge is -2.28. The topological polar surface area (TPSA) is 75.6 Å². The number of thiazole rings is 1. The van der Waals surface area contributed by atoms with E-state index in [9.17, 15) is 18.0 Å². The Balaban J connectivity index is 1.68. The van der Waals surface area contributed by atoms with Crippen molar-refractivity contribution in [2.24, 2.45) is 4.99 Å². The van der Waals surface area contributed by atoms with Gasteiger partial charge in [0, 0.05) is 22.2 Å². The lowest BCUT2D eigenvalue weighted by molar-refractivity contribution is -0.274. The molecule has 1 unspecified atom stereocenters. The average Bonchev–Trinajstić information content (AvgIpc) is 3.22. The number of ether oxygens (including phenoxy) is 1. The molecule has 2 heterocycles. The molecular weight excluding hydrogens is 453 g/mol. The summed E-state index contributed by atoms with van der Waals surface area (Å²) in [7, 11) is 0. The van der Waals surface area contributed by atoms with Gasteiger partial charge in [-0.3, -0.25) is 4.99 Å². The highest BCUT2D eigenvalue weighted by atomic mass is 32.1. The average molecular weight is 472 g/mol. The largest absolute Gasteiger partial charge is 0.573 e. The molecule has 1 aliphatic heterocycles. The number of alkyl halides is 3. The van der Waals surface area contributed by atoms with E-state index < -0.39 is 18.4 Å². The SMILES string of the molecule is C=NCc1ccc(-c2csc(C3=C(C)NC(=O)NC3c3cccc(OC(F)(F)F)c3)n2)cc1. The minimum Gasteiger partial charge on any atom is -0.406 e. The Morgan fingerprint density at radius 1 is 1.21 bits per heavy atom. The number of aromatic nitrogens is 1. The predicted molar refractivity (Wildman–Crippen MR) is 121 cm³/mol. The fraction of sp³-hybridized carbons (Fsp3) is 0.174. The van der Waals surface area contributed by atoms with Gasteiger partial charge in [-0.25, -0.2) is 9.78 Å². The number of hydrogen-bond donors (Lipinski definition) is 2. The Morgan fingerprint density at radius 3 is 2.67 bits per heavy atom. The second-order valence-electron chi connectivity index (χ2n) is 7.31. The van der Waals surface area contributed by atoms with Crippen molar-refractivity contribution in [1.82, 2.24) is 15.6 Å². The maximum atomic E-state index is 12.7. The monoisotopic (exact) mass is 472 g/mol. The van der Waals surface area contributed by atoms with Crippen LogP contribution in [0.5, 0.6) is 5.75 Å². The van der Waals surface area contributed by atoms with Crippen LogP contribution in [-0.4, -0.2) is 24.1 Å². The summed E-state index contributed by atoms with van der Waals surface area (Å²) >= 11 is 1.38. The van der Waals surface area contributed by atoms with Gasteiger partial charge < -0.3 is 15.4 Å².